The summed E-state index contributed by atoms with van der Waals surface area (Å²) in [5.41, 5.74) is -0.172. The Morgan fingerprint density at radius 2 is 1.56 bits per heavy atom. The van der Waals surface area contributed by atoms with E-state index in [1.165, 1.54) is 18.9 Å². The van der Waals surface area contributed by atoms with Crippen molar-refractivity contribution in [1.29, 1.82) is 0 Å². The molecule has 2 atom stereocenters. The van der Waals surface area contributed by atoms with Crippen molar-refractivity contribution in [3.05, 3.63) is 12.2 Å². The van der Waals surface area contributed by atoms with Crippen LogP contribution in [-0.4, -0.2) is 58.5 Å². The molecule has 0 aliphatic rings. The van der Waals surface area contributed by atoms with Crippen LogP contribution in [0.4, 0.5) is 0 Å². The Hall–Kier alpha value is -0.966. The first-order valence-corrected chi connectivity index (χ1v) is 19.1. The van der Waals surface area contributed by atoms with Gasteiger partial charge in [0, 0.05) is 17.4 Å². The van der Waals surface area contributed by atoms with E-state index in [1.807, 2.05) is 0 Å². The fourth-order valence-electron chi connectivity index (χ4n) is 4.34. The molecule has 0 spiro atoms. The van der Waals surface area contributed by atoms with Gasteiger partial charge in [-0.3, -0.25) is 4.79 Å². The summed E-state index contributed by atoms with van der Waals surface area (Å²) >= 11 is 0. The van der Waals surface area contributed by atoms with Gasteiger partial charge in [0.15, 0.2) is 8.32 Å². The smallest absolute Gasteiger partial charge is 0.331 e. The highest BCUT2D eigenvalue weighted by Gasteiger charge is 2.51. The van der Waals surface area contributed by atoms with Crippen LogP contribution >= 0.6 is 0 Å². The summed E-state index contributed by atoms with van der Waals surface area (Å²) in [7, 11) is -3.57. The van der Waals surface area contributed by atoms with Crippen molar-refractivity contribution in [3.8, 4) is 0 Å². The maximum atomic E-state index is 11.6. The van der Waals surface area contributed by atoms with E-state index >= 15 is 0 Å². The van der Waals surface area contributed by atoms with Crippen molar-refractivity contribution in [2.45, 2.75) is 122 Å². The number of carbonyl (C=O) groups excluding carboxylic acids is 1. The van der Waals surface area contributed by atoms with Crippen molar-refractivity contribution < 1.29 is 28.6 Å². The number of hydrogen-bond donors (Lipinski definition) is 1. The van der Waals surface area contributed by atoms with Gasteiger partial charge in [-0.2, -0.15) is 0 Å². The highest BCUT2D eigenvalue weighted by Crippen LogP contribution is 2.49. The zero-order chi connectivity index (χ0) is 26.6. The monoisotopic (exact) mass is 516 g/mol. The number of aliphatic carboxylic acids is 1. The molecule has 0 rings (SSSR count). The quantitative estimate of drug-likeness (QED) is 0.0864. The molecule has 34 heavy (non-hydrogen) atoms. The van der Waals surface area contributed by atoms with Gasteiger partial charge >= 0.3 is 11.9 Å². The second kappa shape index (κ2) is 14.6. The summed E-state index contributed by atoms with van der Waals surface area (Å²) in [6.07, 6.45) is 6.32. The van der Waals surface area contributed by atoms with E-state index in [0.717, 1.165) is 25.7 Å². The molecule has 0 fully saturated rings. The van der Waals surface area contributed by atoms with E-state index in [0.29, 0.717) is 13.2 Å². The Balaban J connectivity index is 4.76. The predicted octanol–water partition coefficient (Wildman–Crippen LogP) is 6.97. The molecular formula is C26H52O6Si2. The highest BCUT2D eigenvalue weighted by atomic mass is 28.4. The van der Waals surface area contributed by atoms with E-state index in [-0.39, 0.29) is 28.9 Å². The maximum absolute atomic E-state index is 11.6. The number of carbonyl (C=O) groups is 2. The normalized spacial score (nSPS) is 15.9. The minimum absolute atomic E-state index is 0.0133. The standard InChI is InChI=1S/C26H52O6Si2/c1-11-14-20-33(7,8)26(6,13-3)32-34(9,10)25(5,12-2)16-15-17-30-18-19-31-23(27)21-22(4)24(28)29/h4,11-21H2,1-3,5-10H3,(H,28,29). The summed E-state index contributed by atoms with van der Waals surface area (Å²) in [6, 6.07) is 1.31. The Bertz CT molecular complexity index is 664. The molecule has 0 amide bonds. The molecule has 0 aliphatic carbocycles. The van der Waals surface area contributed by atoms with Crippen LogP contribution in [0, 0.1) is 0 Å². The zero-order valence-electron chi connectivity index (χ0n) is 23.5. The van der Waals surface area contributed by atoms with Crippen LogP contribution in [-0.2, 0) is 23.5 Å². The molecule has 0 saturated carbocycles. The Morgan fingerprint density at radius 1 is 0.941 bits per heavy atom. The first-order chi connectivity index (χ1) is 15.6. The molecule has 0 aliphatic heterocycles. The van der Waals surface area contributed by atoms with Crippen LogP contribution in [0.2, 0.25) is 37.3 Å². The number of rotatable bonds is 19. The fourth-order valence-corrected chi connectivity index (χ4v) is 12.1. The van der Waals surface area contributed by atoms with E-state index in [2.05, 4.69) is 67.4 Å². The maximum Gasteiger partial charge on any atom is 0.331 e. The van der Waals surface area contributed by atoms with Gasteiger partial charge in [0.05, 0.1) is 21.1 Å². The minimum atomic E-state index is -2.02. The van der Waals surface area contributed by atoms with Crippen LogP contribution in [0.25, 0.3) is 0 Å². The van der Waals surface area contributed by atoms with E-state index in [1.54, 1.807) is 0 Å². The van der Waals surface area contributed by atoms with Crippen molar-refractivity contribution in [2.24, 2.45) is 0 Å². The van der Waals surface area contributed by atoms with Crippen molar-refractivity contribution in [1.82, 2.24) is 0 Å². The highest BCUT2D eigenvalue weighted by molar-refractivity contribution is 6.82. The third kappa shape index (κ3) is 9.95. The summed E-state index contributed by atoms with van der Waals surface area (Å²) < 4.78 is 17.9. The van der Waals surface area contributed by atoms with Crippen LogP contribution in [0.5, 0.6) is 0 Å². The summed E-state index contributed by atoms with van der Waals surface area (Å²) in [5, 5.41) is 8.89. The SMILES string of the molecule is C=C(CC(=O)OCCOCCCC(C)(CC)[Si](C)(C)OC(C)(CC)[Si](C)(C)CCCC)C(=O)O. The second-order valence-electron chi connectivity index (χ2n) is 11.1. The summed E-state index contributed by atoms with van der Waals surface area (Å²) in [4.78, 5) is 22.3. The number of unbranched alkanes of at least 4 members (excludes halogenated alkanes) is 1. The van der Waals surface area contributed by atoms with Crippen molar-refractivity contribution in [2.75, 3.05) is 19.8 Å². The van der Waals surface area contributed by atoms with Gasteiger partial charge < -0.3 is 19.0 Å². The molecule has 8 heteroatoms. The van der Waals surface area contributed by atoms with Gasteiger partial charge in [-0.1, -0.05) is 72.7 Å². The Morgan fingerprint density at radius 3 is 2.06 bits per heavy atom. The lowest BCUT2D eigenvalue weighted by Crippen LogP contribution is -2.60. The molecule has 0 aromatic rings. The van der Waals surface area contributed by atoms with Crippen LogP contribution in [0.15, 0.2) is 12.2 Å². The van der Waals surface area contributed by atoms with Gasteiger partial charge in [0.25, 0.3) is 0 Å². The largest absolute Gasteiger partial charge is 0.478 e. The Kier molecular flexibility index (Phi) is 14.1. The van der Waals surface area contributed by atoms with Crippen molar-refractivity contribution >= 4 is 28.3 Å². The molecule has 0 aromatic carbocycles. The first-order valence-electron chi connectivity index (χ1n) is 13.0. The van der Waals surface area contributed by atoms with Crippen molar-refractivity contribution in [3.63, 3.8) is 0 Å². The lowest BCUT2D eigenvalue weighted by Gasteiger charge is -2.52. The topological polar surface area (TPSA) is 82.1 Å². The molecular weight excluding hydrogens is 464 g/mol. The van der Waals surface area contributed by atoms with E-state index < -0.39 is 28.3 Å². The number of ether oxygens (including phenoxy) is 2. The predicted molar refractivity (Wildman–Crippen MR) is 146 cm³/mol. The number of esters is 1. The zero-order valence-corrected chi connectivity index (χ0v) is 25.5. The lowest BCUT2D eigenvalue weighted by molar-refractivity contribution is -0.146. The average molecular weight is 517 g/mol. The minimum Gasteiger partial charge on any atom is -0.478 e. The van der Waals surface area contributed by atoms with Crippen LogP contribution < -0.4 is 0 Å². The molecule has 0 heterocycles. The molecule has 2 unspecified atom stereocenters. The van der Waals surface area contributed by atoms with Gasteiger partial charge in [-0.15, -0.1) is 0 Å². The number of carboxylic acids is 1. The molecule has 1 N–H and O–H groups in total. The average Bonchev–Trinajstić information content (AvgIpc) is 2.75. The number of carboxylic acid groups (broad SMARTS) is 1. The van der Waals surface area contributed by atoms with Gasteiger partial charge in [0.2, 0.25) is 0 Å². The molecule has 200 valence electrons. The third-order valence-corrected chi connectivity index (χ3v) is 17.7. The molecule has 0 radical (unpaired) electrons. The van der Waals surface area contributed by atoms with E-state index in [4.69, 9.17) is 19.0 Å². The summed E-state index contributed by atoms with van der Waals surface area (Å²) in [6.45, 7) is 25.7. The van der Waals surface area contributed by atoms with Gasteiger partial charge in [-0.05, 0) is 44.3 Å². The van der Waals surface area contributed by atoms with Crippen LogP contribution in [0.3, 0.4) is 0 Å². The Labute approximate surface area is 211 Å². The lowest BCUT2D eigenvalue weighted by atomic mass is 10.0. The second-order valence-corrected chi connectivity index (χ2v) is 20.9. The first kappa shape index (κ1) is 33.0. The molecule has 0 saturated heterocycles. The molecule has 0 aromatic heterocycles. The molecule has 0 bridgehead atoms. The number of hydrogen-bond acceptors (Lipinski definition) is 5. The van der Waals surface area contributed by atoms with Gasteiger partial charge in [-0.25, -0.2) is 4.79 Å². The van der Waals surface area contributed by atoms with E-state index in [9.17, 15) is 9.59 Å². The van der Waals surface area contributed by atoms with Gasteiger partial charge in [0.1, 0.15) is 6.61 Å². The third-order valence-electron chi connectivity index (χ3n) is 8.14. The molecule has 6 nitrogen and oxygen atoms in total. The van der Waals surface area contributed by atoms with Crippen LogP contribution in [0.1, 0.15) is 79.6 Å². The fraction of sp³-hybridized carbons (Fsp3) is 0.846. The summed E-state index contributed by atoms with van der Waals surface area (Å²) in [5.74, 6) is -1.78.